The molecule has 0 aliphatic rings. The Labute approximate surface area is 159 Å². The summed E-state index contributed by atoms with van der Waals surface area (Å²) in [6.07, 6.45) is -4.72. The smallest absolute Gasteiger partial charge is 0.406 e. The molecule has 0 aliphatic carbocycles. The van der Waals surface area contributed by atoms with E-state index in [0.29, 0.717) is 23.0 Å². The SMILES string of the molecule is CC(C)=O.Cc1nc(-c2ccc(N)cc2)nn1-c1ccc(OC(F)(F)F)cc1. The van der Waals surface area contributed by atoms with Gasteiger partial charge in [0.2, 0.25) is 0 Å². The number of carbonyl (C=O) groups is 1. The second kappa shape index (κ2) is 8.55. The highest BCUT2D eigenvalue weighted by molar-refractivity contribution is 5.72. The average molecular weight is 392 g/mol. The Morgan fingerprint density at radius 1 is 1.04 bits per heavy atom. The third kappa shape index (κ3) is 6.11. The van der Waals surface area contributed by atoms with Gasteiger partial charge in [-0.3, -0.25) is 0 Å². The van der Waals surface area contributed by atoms with Crippen LogP contribution >= 0.6 is 0 Å². The number of carbonyl (C=O) groups excluding carboxylic acids is 1. The Bertz CT molecular complexity index is 929. The summed E-state index contributed by atoms with van der Waals surface area (Å²) in [6.45, 7) is 4.81. The number of Topliss-reactive ketones (excluding diaryl/α,β-unsaturated/α-hetero) is 1. The van der Waals surface area contributed by atoms with Crippen LogP contribution in [-0.4, -0.2) is 26.9 Å². The largest absolute Gasteiger partial charge is 0.573 e. The Morgan fingerprint density at radius 2 is 1.57 bits per heavy atom. The normalized spacial score (nSPS) is 10.8. The van der Waals surface area contributed by atoms with Gasteiger partial charge in [0.05, 0.1) is 5.69 Å². The number of halogens is 3. The maximum absolute atomic E-state index is 12.2. The number of ketones is 1. The summed E-state index contributed by atoms with van der Waals surface area (Å²) in [4.78, 5) is 13.8. The van der Waals surface area contributed by atoms with E-state index in [1.165, 1.54) is 38.1 Å². The molecule has 0 unspecified atom stereocenters. The minimum atomic E-state index is -4.72. The molecule has 0 aliphatic heterocycles. The molecule has 2 N–H and O–H groups in total. The molecule has 0 fully saturated rings. The highest BCUT2D eigenvalue weighted by atomic mass is 19.4. The number of nitrogen functional groups attached to an aromatic ring is 1. The van der Waals surface area contributed by atoms with E-state index in [1.807, 2.05) is 0 Å². The average Bonchev–Trinajstić information content (AvgIpc) is 2.96. The molecule has 0 amide bonds. The van der Waals surface area contributed by atoms with Gasteiger partial charge in [0.15, 0.2) is 5.82 Å². The van der Waals surface area contributed by atoms with Crippen LogP contribution in [-0.2, 0) is 4.79 Å². The summed E-state index contributed by atoms with van der Waals surface area (Å²) < 4.78 is 42.0. The molecular formula is C19H19F3N4O2. The lowest BCUT2D eigenvalue weighted by Crippen LogP contribution is -2.17. The predicted octanol–water partition coefficient (Wildman–Crippen LogP) is 4.32. The lowest BCUT2D eigenvalue weighted by Gasteiger charge is -2.09. The zero-order chi connectivity index (χ0) is 20.9. The Hall–Kier alpha value is -3.36. The van der Waals surface area contributed by atoms with Gasteiger partial charge in [0.25, 0.3) is 0 Å². The minimum absolute atomic E-state index is 0.167. The lowest BCUT2D eigenvalue weighted by atomic mass is 10.2. The van der Waals surface area contributed by atoms with Crippen LogP contribution in [0.1, 0.15) is 19.7 Å². The molecule has 1 heterocycles. The van der Waals surface area contributed by atoms with Crippen molar-refractivity contribution in [1.82, 2.24) is 14.8 Å². The quantitative estimate of drug-likeness (QED) is 0.671. The summed E-state index contributed by atoms with van der Waals surface area (Å²) in [5.41, 5.74) is 7.66. The number of rotatable bonds is 3. The van der Waals surface area contributed by atoms with Crippen LogP contribution in [0.3, 0.4) is 0 Å². The van der Waals surface area contributed by atoms with Crippen molar-refractivity contribution < 1.29 is 22.7 Å². The van der Waals surface area contributed by atoms with E-state index in [-0.39, 0.29) is 11.5 Å². The van der Waals surface area contributed by atoms with Crippen molar-refractivity contribution >= 4 is 11.5 Å². The van der Waals surface area contributed by atoms with Crippen LogP contribution in [0.5, 0.6) is 5.75 Å². The Balaban J connectivity index is 0.000000640. The van der Waals surface area contributed by atoms with Gasteiger partial charge in [-0.25, -0.2) is 9.67 Å². The summed E-state index contributed by atoms with van der Waals surface area (Å²) >= 11 is 0. The monoisotopic (exact) mass is 392 g/mol. The zero-order valence-corrected chi connectivity index (χ0v) is 15.5. The third-order valence-electron chi connectivity index (χ3n) is 3.25. The molecule has 0 spiro atoms. The lowest BCUT2D eigenvalue weighted by molar-refractivity contribution is -0.274. The fraction of sp³-hybridized carbons (Fsp3) is 0.211. The third-order valence-corrected chi connectivity index (χ3v) is 3.25. The standard InChI is InChI=1S/C16H13F3N4O.C3H6O/c1-10-21-15(11-2-4-12(20)5-3-11)22-23(10)13-6-8-14(9-7-13)24-16(17,18)19;1-3(2)4/h2-9H,20H2,1H3;1-2H3. The van der Waals surface area contributed by atoms with Crippen LogP contribution in [0.15, 0.2) is 48.5 Å². The number of ether oxygens (including phenoxy) is 1. The van der Waals surface area contributed by atoms with Crippen molar-refractivity contribution in [3.63, 3.8) is 0 Å². The predicted molar refractivity (Wildman–Crippen MR) is 99.0 cm³/mol. The summed E-state index contributed by atoms with van der Waals surface area (Å²) in [7, 11) is 0. The van der Waals surface area contributed by atoms with Crippen molar-refractivity contribution in [3.8, 4) is 22.8 Å². The first-order valence-electron chi connectivity index (χ1n) is 8.18. The molecule has 0 saturated heterocycles. The van der Waals surface area contributed by atoms with E-state index in [4.69, 9.17) is 5.73 Å². The molecular weight excluding hydrogens is 373 g/mol. The molecule has 6 nitrogen and oxygen atoms in total. The number of aromatic nitrogens is 3. The van der Waals surface area contributed by atoms with Crippen molar-refractivity contribution in [2.45, 2.75) is 27.1 Å². The first kappa shape index (κ1) is 20.9. The number of aryl methyl sites for hydroxylation is 1. The van der Waals surface area contributed by atoms with Gasteiger partial charge in [-0.2, -0.15) is 0 Å². The van der Waals surface area contributed by atoms with Crippen LogP contribution in [0.2, 0.25) is 0 Å². The van der Waals surface area contributed by atoms with E-state index in [9.17, 15) is 18.0 Å². The Morgan fingerprint density at radius 3 is 2.07 bits per heavy atom. The first-order valence-corrected chi connectivity index (χ1v) is 8.18. The van der Waals surface area contributed by atoms with Gasteiger partial charge in [-0.05, 0) is 69.3 Å². The number of anilines is 1. The van der Waals surface area contributed by atoms with E-state index in [1.54, 1.807) is 35.9 Å². The summed E-state index contributed by atoms with van der Waals surface area (Å²) in [5.74, 6) is 0.984. The van der Waals surface area contributed by atoms with Gasteiger partial charge in [0.1, 0.15) is 17.4 Å². The summed E-state index contributed by atoms with van der Waals surface area (Å²) in [5, 5.41) is 4.39. The van der Waals surface area contributed by atoms with Gasteiger partial charge in [-0.15, -0.1) is 18.3 Å². The number of hydrogen-bond donors (Lipinski definition) is 1. The van der Waals surface area contributed by atoms with E-state index in [0.717, 1.165) is 5.56 Å². The van der Waals surface area contributed by atoms with Crippen molar-refractivity contribution in [1.29, 1.82) is 0 Å². The van der Waals surface area contributed by atoms with Crippen molar-refractivity contribution in [3.05, 3.63) is 54.4 Å². The highest BCUT2D eigenvalue weighted by Gasteiger charge is 2.31. The van der Waals surface area contributed by atoms with Gasteiger partial charge < -0.3 is 15.3 Å². The second-order valence-corrected chi connectivity index (χ2v) is 5.97. The highest BCUT2D eigenvalue weighted by Crippen LogP contribution is 2.24. The molecule has 0 atom stereocenters. The molecule has 0 radical (unpaired) electrons. The van der Waals surface area contributed by atoms with Gasteiger partial charge in [0, 0.05) is 11.3 Å². The van der Waals surface area contributed by atoms with Gasteiger partial charge in [-0.1, -0.05) is 0 Å². The van der Waals surface area contributed by atoms with Gasteiger partial charge >= 0.3 is 6.36 Å². The fourth-order valence-electron chi connectivity index (χ4n) is 2.18. The molecule has 148 valence electrons. The molecule has 28 heavy (non-hydrogen) atoms. The molecule has 0 saturated carbocycles. The number of benzene rings is 2. The van der Waals surface area contributed by atoms with E-state index in [2.05, 4.69) is 14.8 Å². The Kier molecular flexibility index (Phi) is 6.40. The van der Waals surface area contributed by atoms with Crippen LogP contribution < -0.4 is 10.5 Å². The van der Waals surface area contributed by atoms with E-state index < -0.39 is 6.36 Å². The van der Waals surface area contributed by atoms with Crippen LogP contribution in [0.4, 0.5) is 18.9 Å². The zero-order valence-electron chi connectivity index (χ0n) is 15.5. The molecule has 3 rings (SSSR count). The maximum atomic E-state index is 12.2. The molecule has 2 aromatic carbocycles. The molecule has 9 heteroatoms. The number of alkyl halides is 3. The first-order chi connectivity index (χ1) is 13.0. The number of nitrogens with two attached hydrogens (primary N) is 1. The fourth-order valence-corrected chi connectivity index (χ4v) is 2.18. The van der Waals surface area contributed by atoms with Crippen LogP contribution in [0.25, 0.3) is 17.1 Å². The molecule has 1 aromatic heterocycles. The van der Waals surface area contributed by atoms with Crippen molar-refractivity contribution in [2.24, 2.45) is 0 Å². The van der Waals surface area contributed by atoms with Crippen LogP contribution in [0, 0.1) is 6.92 Å². The van der Waals surface area contributed by atoms with Crippen molar-refractivity contribution in [2.75, 3.05) is 5.73 Å². The topological polar surface area (TPSA) is 83.0 Å². The molecule has 0 bridgehead atoms. The number of nitrogens with zero attached hydrogens (tertiary/aromatic N) is 3. The second-order valence-electron chi connectivity index (χ2n) is 5.97. The van der Waals surface area contributed by atoms with E-state index >= 15 is 0 Å². The maximum Gasteiger partial charge on any atom is 0.573 e. The number of hydrogen-bond acceptors (Lipinski definition) is 5. The summed E-state index contributed by atoms with van der Waals surface area (Å²) in [6, 6.07) is 12.5. The molecule has 3 aromatic rings. The minimum Gasteiger partial charge on any atom is -0.406 e.